The van der Waals surface area contributed by atoms with Gasteiger partial charge in [-0.1, -0.05) is 66.7 Å². The second-order valence-corrected chi connectivity index (χ2v) is 9.27. The van der Waals surface area contributed by atoms with Crippen molar-refractivity contribution in [2.75, 3.05) is 22.5 Å². The molecule has 1 N–H and O–H groups in total. The summed E-state index contributed by atoms with van der Waals surface area (Å²) in [6, 6.07) is 25.5. The van der Waals surface area contributed by atoms with Crippen LogP contribution in [0.5, 0.6) is 0 Å². The van der Waals surface area contributed by atoms with Crippen LogP contribution in [0.3, 0.4) is 0 Å². The van der Waals surface area contributed by atoms with Crippen LogP contribution in [-0.4, -0.2) is 27.2 Å². The van der Waals surface area contributed by atoms with Crippen LogP contribution in [-0.2, 0) is 32.6 Å². The van der Waals surface area contributed by atoms with E-state index >= 15 is 0 Å². The third kappa shape index (κ3) is 7.50. The van der Waals surface area contributed by atoms with E-state index in [1.54, 1.807) is 25.1 Å². The molecular weight excluding hydrogens is 436 g/mol. The summed E-state index contributed by atoms with van der Waals surface area (Å²) in [5, 5.41) is 0. The van der Waals surface area contributed by atoms with Gasteiger partial charge in [0.25, 0.3) is 0 Å². The largest absolute Gasteiger partial charge is 0.463 e. The highest BCUT2D eigenvalue weighted by Gasteiger charge is 2.16. The molecule has 0 radical (unpaired) electrons. The van der Waals surface area contributed by atoms with Gasteiger partial charge in [-0.3, -0.25) is 4.72 Å². The van der Waals surface area contributed by atoms with Crippen LogP contribution in [0.2, 0.25) is 0 Å². The Labute approximate surface area is 195 Å². The second-order valence-electron chi connectivity index (χ2n) is 7.53. The first-order valence-corrected chi connectivity index (χ1v) is 12.5. The minimum Gasteiger partial charge on any atom is -0.463 e. The van der Waals surface area contributed by atoms with Crippen molar-refractivity contribution in [2.45, 2.75) is 20.0 Å². The van der Waals surface area contributed by atoms with Crippen molar-refractivity contribution in [1.82, 2.24) is 0 Å². The van der Waals surface area contributed by atoms with Gasteiger partial charge >= 0.3 is 5.97 Å². The van der Waals surface area contributed by atoms with E-state index in [1.807, 2.05) is 66.7 Å². The molecule has 172 valence electrons. The number of hydrogen-bond acceptors (Lipinski definition) is 5. The Kier molecular flexibility index (Phi) is 8.27. The minimum atomic E-state index is -3.53. The highest BCUT2D eigenvalue weighted by atomic mass is 32.2. The maximum Gasteiger partial charge on any atom is 0.330 e. The first kappa shape index (κ1) is 24.1. The molecule has 3 rings (SSSR count). The topological polar surface area (TPSA) is 75.7 Å². The molecule has 0 unspecified atom stereocenters. The molecule has 3 aromatic carbocycles. The van der Waals surface area contributed by atoms with E-state index in [2.05, 4.69) is 9.62 Å². The number of anilines is 2. The fourth-order valence-electron chi connectivity index (χ4n) is 3.47. The van der Waals surface area contributed by atoms with E-state index in [4.69, 9.17) is 4.74 Å². The lowest BCUT2D eigenvalue weighted by atomic mass is 10.1. The Morgan fingerprint density at radius 3 is 2.00 bits per heavy atom. The zero-order valence-electron chi connectivity index (χ0n) is 18.8. The fraction of sp³-hybridized carbons (Fsp3) is 0.192. The average molecular weight is 465 g/mol. The van der Waals surface area contributed by atoms with E-state index in [9.17, 15) is 13.2 Å². The summed E-state index contributed by atoms with van der Waals surface area (Å²) in [6.45, 7) is 3.18. The summed E-state index contributed by atoms with van der Waals surface area (Å²) in [5.74, 6) is -0.490. The molecule has 0 aromatic heterocycles. The van der Waals surface area contributed by atoms with Crippen LogP contribution < -0.4 is 9.62 Å². The van der Waals surface area contributed by atoms with Crippen molar-refractivity contribution in [1.29, 1.82) is 0 Å². The summed E-state index contributed by atoms with van der Waals surface area (Å²) in [7, 11) is -3.53. The predicted octanol–water partition coefficient (Wildman–Crippen LogP) is 4.84. The van der Waals surface area contributed by atoms with E-state index in [0.717, 1.165) is 23.1 Å². The van der Waals surface area contributed by atoms with Crippen LogP contribution in [0.25, 0.3) is 6.08 Å². The zero-order valence-corrected chi connectivity index (χ0v) is 19.6. The Hall–Kier alpha value is -3.58. The number of carbonyl (C=O) groups is 1. The molecule has 0 aliphatic rings. The second kappa shape index (κ2) is 11.3. The molecule has 6 nitrogen and oxygen atoms in total. The van der Waals surface area contributed by atoms with Crippen molar-refractivity contribution in [3.63, 3.8) is 0 Å². The zero-order chi connectivity index (χ0) is 23.7. The molecule has 0 amide bonds. The molecule has 33 heavy (non-hydrogen) atoms. The van der Waals surface area contributed by atoms with Gasteiger partial charge in [-0.15, -0.1) is 0 Å². The average Bonchev–Trinajstić information content (AvgIpc) is 2.78. The quantitative estimate of drug-likeness (QED) is 0.343. The van der Waals surface area contributed by atoms with Crippen molar-refractivity contribution >= 4 is 33.4 Å². The van der Waals surface area contributed by atoms with Gasteiger partial charge in [0.15, 0.2) is 0 Å². The Morgan fingerprint density at radius 1 is 0.909 bits per heavy atom. The Morgan fingerprint density at radius 2 is 1.48 bits per heavy atom. The van der Waals surface area contributed by atoms with Gasteiger partial charge < -0.3 is 9.64 Å². The summed E-state index contributed by atoms with van der Waals surface area (Å²) in [4.78, 5) is 14.2. The normalized spacial score (nSPS) is 11.3. The minimum absolute atomic E-state index is 0.257. The van der Waals surface area contributed by atoms with Crippen molar-refractivity contribution in [2.24, 2.45) is 0 Å². The summed E-state index contributed by atoms with van der Waals surface area (Å²) in [5.41, 5.74) is 3.98. The predicted molar refractivity (Wildman–Crippen MR) is 133 cm³/mol. The first-order valence-electron chi connectivity index (χ1n) is 10.6. The third-order valence-electron chi connectivity index (χ3n) is 4.82. The van der Waals surface area contributed by atoms with E-state index in [-0.39, 0.29) is 6.61 Å². The molecular formula is C26H28N2O4S. The van der Waals surface area contributed by atoms with E-state index in [1.165, 1.54) is 6.08 Å². The summed E-state index contributed by atoms with van der Waals surface area (Å²) in [6.07, 6.45) is 4.02. The van der Waals surface area contributed by atoms with E-state index in [0.29, 0.717) is 24.3 Å². The number of esters is 1. The molecule has 0 aliphatic heterocycles. The van der Waals surface area contributed by atoms with Crippen LogP contribution >= 0.6 is 0 Å². The standard InChI is InChI=1S/C26H28N2O4S/c1-3-32-26(29)18-17-23-24(27-33(2,30)31)15-10-16-25(23)28(19-21-11-6-4-7-12-21)20-22-13-8-5-9-14-22/h4-18,27H,3,19-20H2,1-2H3. The number of sulfonamides is 1. The number of benzene rings is 3. The monoisotopic (exact) mass is 464 g/mol. The summed E-state index contributed by atoms with van der Waals surface area (Å²) >= 11 is 0. The van der Waals surface area contributed by atoms with Gasteiger partial charge in [0, 0.05) is 30.4 Å². The highest BCUT2D eigenvalue weighted by Crippen LogP contribution is 2.32. The van der Waals surface area contributed by atoms with Gasteiger partial charge in [-0.05, 0) is 36.3 Å². The number of ether oxygens (including phenoxy) is 1. The highest BCUT2D eigenvalue weighted by molar-refractivity contribution is 7.92. The molecule has 0 fully saturated rings. The van der Waals surface area contributed by atoms with Crippen LogP contribution in [0, 0.1) is 0 Å². The van der Waals surface area contributed by atoms with Gasteiger partial charge in [0.2, 0.25) is 10.0 Å². The molecule has 0 aliphatic carbocycles. The fourth-order valence-corrected chi connectivity index (χ4v) is 4.05. The van der Waals surface area contributed by atoms with Gasteiger partial charge in [0.05, 0.1) is 18.6 Å². The molecule has 0 heterocycles. The molecule has 0 bridgehead atoms. The van der Waals surface area contributed by atoms with Crippen LogP contribution in [0.1, 0.15) is 23.6 Å². The lowest BCUT2D eigenvalue weighted by Gasteiger charge is -2.28. The molecule has 0 saturated carbocycles. The molecule has 0 spiro atoms. The molecule has 7 heteroatoms. The van der Waals surface area contributed by atoms with Gasteiger partial charge in [-0.2, -0.15) is 0 Å². The Bertz CT molecular complexity index is 1150. The maximum atomic E-state index is 12.0. The first-order chi connectivity index (χ1) is 15.9. The van der Waals surface area contributed by atoms with Crippen LogP contribution in [0.4, 0.5) is 11.4 Å². The lowest BCUT2D eigenvalue weighted by Crippen LogP contribution is -2.23. The smallest absolute Gasteiger partial charge is 0.330 e. The SMILES string of the molecule is CCOC(=O)C=Cc1c(NS(C)(=O)=O)cccc1N(Cc1ccccc1)Cc1ccccc1. The number of carbonyl (C=O) groups excluding carboxylic acids is 1. The number of nitrogens with one attached hydrogen (secondary N) is 1. The van der Waals surface area contributed by atoms with Crippen molar-refractivity contribution in [3.8, 4) is 0 Å². The van der Waals surface area contributed by atoms with Crippen LogP contribution in [0.15, 0.2) is 84.9 Å². The number of nitrogens with zero attached hydrogens (tertiary/aromatic N) is 1. The van der Waals surface area contributed by atoms with Crippen molar-refractivity contribution in [3.05, 3.63) is 102 Å². The Balaban J connectivity index is 2.09. The van der Waals surface area contributed by atoms with E-state index < -0.39 is 16.0 Å². The molecule has 0 atom stereocenters. The van der Waals surface area contributed by atoms with Gasteiger partial charge in [-0.25, -0.2) is 13.2 Å². The third-order valence-corrected chi connectivity index (χ3v) is 5.42. The lowest BCUT2D eigenvalue weighted by molar-refractivity contribution is -0.137. The van der Waals surface area contributed by atoms with Crippen molar-refractivity contribution < 1.29 is 17.9 Å². The molecule has 3 aromatic rings. The number of hydrogen-bond donors (Lipinski definition) is 1. The molecule has 0 saturated heterocycles. The summed E-state index contributed by atoms with van der Waals surface area (Å²) < 4.78 is 31.6. The number of rotatable bonds is 10. The van der Waals surface area contributed by atoms with Gasteiger partial charge in [0.1, 0.15) is 0 Å². The maximum absolute atomic E-state index is 12.0.